The van der Waals surface area contributed by atoms with Gasteiger partial charge in [-0.15, -0.1) is 0 Å². The van der Waals surface area contributed by atoms with Gasteiger partial charge in [-0.3, -0.25) is 4.79 Å². The quantitative estimate of drug-likeness (QED) is 0.417. The lowest BCUT2D eigenvalue weighted by Gasteiger charge is -2.32. The van der Waals surface area contributed by atoms with Crippen LogP contribution in [0.3, 0.4) is 0 Å². The van der Waals surface area contributed by atoms with Crippen molar-refractivity contribution >= 4 is 23.1 Å². The van der Waals surface area contributed by atoms with Gasteiger partial charge in [-0.1, -0.05) is 31.4 Å². The predicted octanol–water partition coefficient (Wildman–Crippen LogP) is 6.37. The summed E-state index contributed by atoms with van der Waals surface area (Å²) in [7, 11) is 0. The number of likely N-dealkylation sites (tertiary alicyclic amines) is 1. The van der Waals surface area contributed by atoms with Crippen LogP contribution in [-0.4, -0.2) is 46.5 Å². The summed E-state index contributed by atoms with van der Waals surface area (Å²) in [6.45, 7) is 3.87. The maximum atomic E-state index is 13.2. The first-order valence-corrected chi connectivity index (χ1v) is 13.8. The Hall–Kier alpha value is -2.93. The molecule has 1 saturated heterocycles. The molecule has 1 amide bonds. The number of piperidine rings is 1. The van der Waals surface area contributed by atoms with Gasteiger partial charge in [-0.25, -0.2) is 9.97 Å². The van der Waals surface area contributed by atoms with Crippen molar-refractivity contribution in [1.29, 1.82) is 0 Å². The largest absolute Gasteiger partial charge is 0.493 e. The second kappa shape index (κ2) is 11.2. The predicted molar refractivity (Wildman–Crippen MR) is 141 cm³/mol. The molecule has 3 aromatic rings. The van der Waals surface area contributed by atoms with Crippen LogP contribution in [0, 0.1) is 0 Å². The highest BCUT2D eigenvalue weighted by Crippen LogP contribution is 2.32. The van der Waals surface area contributed by atoms with Gasteiger partial charge < -0.3 is 15.0 Å². The maximum Gasteiger partial charge on any atom is 0.257 e. The van der Waals surface area contributed by atoms with E-state index in [0.29, 0.717) is 37.1 Å². The first-order valence-electron chi connectivity index (χ1n) is 12.9. The van der Waals surface area contributed by atoms with Crippen molar-refractivity contribution in [3.05, 3.63) is 58.5 Å². The molecule has 3 heterocycles. The van der Waals surface area contributed by atoms with Gasteiger partial charge in [0.25, 0.3) is 5.91 Å². The first kappa shape index (κ1) is 23.8. The van der Waals surface area contributed by atoms with Crippen LogP contribution in [0.1, 0.15) is 74.0 Å². The van der Waals surface area contributed by atoms with E-state index >= 15 is 0 Å². The van der Waals surface area contributed by atoms with Crippen LogP contribution in [0.5, 0.6) is 5.75 Å². The number of carbonyl (C=O) groups excluding carboxylic acids is 1. The fourth-order valence-corrected chi connectivity index (χ4v) is 5.82. The number of para-hydroxylation sites is 1. The van der Waals surface area contributed by atoms with Crippen molar-refractivity contribution < 1.29 is 9.53 Å². The lowest BCUT2D eigenvalue weighted by molar-refractivity contribution is 0.0707. The maximum absolute atomic E-state index is 13.2. The third kappa shape index (κ3) is 5.67. The summed E-state index contributed by atoms with van der Waals surface area (Å²) >= 11 is 1.69. The molecule has 0 bridgehead atoms. The standard InChI is InChI=1S/C28H34N4O2S/c1-2-34-25-11-7-6-10-23(25)28(33)32-15-12-20(13-16-32)27-30-24(21-14-17-35-19-21)18-26(31-27)29-22-8-4-3-5-9-22/h6-7,10-11,14,17-20,22H,2-5,8-9,12-13,15-16H2,1H3,(H,29,30,31). The van der Waals surface area contributed by atoms with E-state index < -0.39 is 0 Å². The van der Waals surface area contributed by atoms with Crippen LogP contribution in [-0.2, 0) is 0 Å². The molecule has 2 fully saturated rings. The Morgan fingerprint density at radius 2 is 1.89 bits per heavy atom. The highest BCUT2D eigenvalue weighted by molar-refractivity contribution is 7.08. The van der Waals surface area contributed by atoms with Gasteiger partial charge in [0.05, 0.1) is 17.9 Å². The SMILES string of the molecule is CCOc1ccccc1C(=O)N1CCC(c2nc(NC3CCCCC3)cc(-c3ccsc3)n2)CC1. The Morgan fingerprint density at radius 3 is 2.63 bits per heavy atom. The molecule has 0 atom stereocenters. The van der Waals surface area contributed by atoms with Gasteiger partial charge in [0.2, 0.25) is 0 Å². The number of rotatable bonds is 7. The number of nitrogens with zero attached hydrogens (tertiary/aromatic N) is 3. The number of benzene rings is 1. The molecule has 1 aromatic carbocycles. The van der Waals surface area contributed by atoms with E-state index in [1.165, 1.54) is 32.1 Å². The van der Waals surface area contributed by atoms with Crippen molar-refractivity contribution in [2.75, 3.05) is 25.0 Å². The first-order chi connectivity index (χ1) is 17.2. The van der Waals surface area contributed by atoms with Gasteiger partial charge in [-0.2, -0.15) is 11.3 Å². The Balaban J connectivity index is 1.32. The number of carbonyl (C=O) groups is 1. The molecule has 1 aliphatic carbocycles. The van der Waals surface area contributed by atoms with Crippen molar-refractivity contribution in [3.8, 4) is 17.0 Å². The molecule has 0 radical (unpaired) electrons. The third-order valence-electron chi connectivity index (χ3n) is 7.08. The van der Waals surface area contributed by atoms with Crippen molar-refractivity contribution in [1.82, 2.24) is 14.9 Å². The minimum Gasteiger partial charge on any atom is -0.493 e. The van der Waals surface area contributed by atoms with Crippen LogP contribution in [0.4, 0.5) is 5.82 Å². The topological polar surface area (TPSA) is 67.3 Å². The zero-order chi connectivity index (χ0) is 24.0. The molecule has 2 aromatic heterocycles. The van der Waals surface area contributed by atoms with Crippen molar-refractivity contribution in [2.45, 2.75) is 63.8 Å². The Kier molecular flexibility index (Phi) is 7.62. The normalized spacial score (nSPS) is 17.3. The zero-order valence-electron chi connectivity index (χ0n) is 20.4. The van der Waals surface area contributed by atoms with Gasteiger partial charge in [-0.05, 0) is 56.2 Å². The van der Waals surface area contributed by atoms with Crippen LogP contribution in [0.25, 0.3) is 11.3 Å². The summed E-state index contributed by atoms with van der Waals surface area (Å²) in [5.74, 6) is 2.78. The minimum absolute atomic E-state index is 0.0418. The average Bonchev–Trinajstić information content (AvgIpc) is 3.45. The van der Waals surface area contributed by atoms with Crippen molar-refractivity contribution in [2.24, 2.45) is 0 Å². The number of ether oxygens (including phenoxy) is 1. The molecule has 7 heteroatoms. The van der Waals surface area contributed by atoms with Gasteiger partial charge in [0.15, 0.2) is 0 Å². The smallest absolute Gasteiger partial charge is 0.257 e. The lowest BCUT2D eigenvalue weighted by Crippen LogP contribution is -2.38. The number of amides is 1. The molecule has 1 saturated carbocycles. The summed E-state index contributed by atoms with van der Waals surface area (Å²) in [5, 5.41) is 7.94. The summed E-state index contributed by atoms with van der Waals surface area (Å²) < 4.78 is 5.69. The van der Waals surface area contributed by atoms with Crippen LogP contribution in [0.2, 0.25) is 0 Å². The number of anilines is 1. The molecule has 6 nitrogen and oxygen atoms in total. The third-order valence-corrected chi connectivity index (χ3v) is 7.77. The van der Waals surface area contributed by atoms with Gasteiger partial charge >= 0.3 is 0 Å². The van der Waals surface area contributed by atoms with E-state index in [2.05, 4.69) is 28.2 Å². The van der Waals surface area contributed by atoms with Gasteiger partial charge in [0, 0.05) is 42.1 Å². The summed E-state index contributed by atoms with van der Waals surface area (Å²) in [6, 6.07) is 12.2. The highest BCUT2D eigenvalue weighted by Gasteiger charge is 2.28. The fourth-order valence-electron chi connectivity index (χ4n) is 5.17. The molecule has 184 valence electrons. The fraction of sp³-hybridized carbons (Fsp3) is 0.464. The van der Waals surface area contributed by atoms with E-state index in [4.69, 9.17) is 14.7 Å². The van der Waals surface area contributed by atoms with E-state index in [1.54, 1.807) is 11.3 Å². The van der Waals surface area contributed by atoms with E-state index in [0.717, 1.165) is 35.7 Å². The average molecular weight is 491 g/mol. The summed E-state index contributed by atoms with van der Waals surface area (Å²) in [5.41, 5.74) is 2.77. The van der Waals surface area contributed by atoms with Crippen LogP contribution < -0.4 is 10.1 Å². The van der Waals surface area contributed by atoms with Crippen molar-refractivity contribution in [3.63, 3.8) is 0 Å². The van der Waals surface area contributed by atoms with E-state index in [1.807, 2.05) is 36.1 Å². The second-order valence-electron chi connectivity index (χ2n) is 9.48. The van der Waals surface area contributed by atoms with E-state index in [9.17, 15) is 4.79 Å². The second-order valence-corrected chi connectivity index (χ2v) is 10.3. The number of nitrogens with one attached hydrogen (secondary N) is 1. The molecule has 0 spiro atoms. The molecule has 5 rings (SSSR count). The number of aromatic nitrogens is 2. The molecule has 35 heavy (non-hydrogen) atoms. The minimum atomic E-state index is 0.0418. The number of hydrogen-bond donors (Lipinski definition) is 1. The molecule has 1 aliphatic heterocycles. The highest BCUT2D eigenvalue weighted by atomic mass is 32.1. The Morgan fingerprint density at radius 1 is 1.09 bits per heavy atom. The molecule has 2 aliphatic rings. The zero-order valence-corrected chi connectivity index (χ0v) is 21.2. The summed E-state index contributed by atoms with van der Waals surface area (Å²) in [4.78, 5) is 25.1. The summed E-state index contributed by atoms with van der Waals surface area (Å²) in [6.07, 6.45) is 8.03. The Labute approximate surface area is 211 Å². The number of hydrogen-bond acceptors (Lipinski definition) is 6. The van der Waals surface area contributed by atoms with Gasteiger partial charge in [0.1, 0.15) is 17.4 Å². The molecule has 1 N–H and O–H groups in total. The number of thiophene rings is 1. The van der Waals surface area contributed by atoms with Crippen LogP contribution >= 0.6 is 11.3 Å². The molecular weight excluding hydrogens is 456 g/mol. The lowest BCUT2D eigenvalue weighted by atomic mass is 9.94. The van der Waals surface area contributed by atoms with E-state index in [-0.39, 0.29) is 11.8 Å². The van der Waals surface area contributed by atoms with Crippen LogP contribution in [0.15, 0.2) is 47.2 Å². The molecular formula is C28H34N4O2S. The molecule has 0 unspecified atom stereocenters. The Bertz CT molecular complexity index is 1120. The monoisotopic (exact) mass is 490 g/mol.